The number of rotatable bonds is 9. The number of carbonyl (C=O) groups is 3. The number of nitrogens with one attached hydrogen (secondary N) is 2. The monoisotopic (exact) mass is 638 g/mol. The van der Waals surface area contributed by atoms with Gasteiger partial charge < -0.3 is 25.4 Å². The molecule has 1 aliphatic rings. The number of carboxylic acids is 2. The quantitative estimate of drug-likeness (QED) is 0.147. The number of carboxylic acid groups (broad SMARTS) is 2. The number of amides is 2. The number of aromatic nitrogens is 2. The number of fused-ring (bicyclic) bond motifs is 1. The zero-order valence-electron chi connectivity index (χ0n) is 25.4. The Morgan fingerprint density at radius 1 is 0.957 bits per heavy atom. The van der Waals surface area contributed by atoms with Crippen molar-refractivity contribution in [2.45, 2.75) is 77.1 Å². The summed E-state index contributed by atoms with van der Waals surface area (Å²) in [6.45, 7) is 2.83. The highest BCUT2D eigenvalue weighted by molar-refractivity contribution is 5.96. The number of aromatic carboxylic acids is 1. The lowest BCUT2D eigenvalue weighted by molar-refractivity contribution is -0.192. The van der Waals surface area contributed by atoms with Crippen LogP contribution in [0.25, 0.3) is 22.2 Å². The number of urea groups is 1. The molecular weight excluding hydrogens is 601 g/mol. The molecule has 1 aliphatic carbocycles. The molecule has 1 heterocycles. The van der Waals surface area contributed by atoms with Crippen molar-refractivity contribution in [2.24, 2.45) is 0 Å². The van der Waals surface area contributed by atoms with Gasteiger partial charge in [0.05, 0.1) is 16.6 Å². The van der Waals surface area contributed by atoms with Crippen LogP contribution in [0.4, 0.5) is 23.7 Å². The maximum atomic E-state index is 12.6. The SMILES string of the molecule is CCCCc1nc2cc(NC(=O)NC3CCCCC3)ccc2n1Cc1ccc(-c2ccccc2C(=O)O)cc1.O=C(O)C(F)(F)F. The first-order valence-corrected chi connectivity index (χ1v) is 15.2. The lowest BCUT2D eigenvalue weighted by Crippen LogP contribution is -2.38. The molecule has 1 saturated carbocycles. The van der Waals surface area contributed by atoms with Crippen molar-refractivity contribution in [1.82, 2.24) is 14.9 Å². The predicted octanol–water partition coefficient (Wildman–Crippen LogP) is 7.88. The third kappa shape index (κ3) is 9.09. The number of carbonyl (C=O) groups excluding carboxylic acids is 1. The molecule has 0 spiro atoms. The van der Waals surface area contributed by atoms with Crippen molar-refractivity contribution < 1.29 is 37.8 Å². The van der Waals surface area contributed by atoms with E-state index in [9.17, 15) is 27.9 Å². The zero-order valence-corrected chi connectivity index (χ0v) is 25.4. The summed E-state index contributed by atoms with van der Waals surface area (Å²) in [5, 5.41) is 22.8. The van der Waals surface area contributed by atoms with Gasteiger partial charge in [-0.05, 0) is 60.2 Å². The highest BCUT2D eigenvalue weighted by Crippen LogP contribution is 2.27. The van der Waals surface area contributed by atoms with Gasteiger partial charge in [0.1, 0.15) is 5.82 Å². The summed E-state index contributed by atoms with van der Waals surface area (Å²) in [7, 11) is 0. The Bertz CT molecular complexity index is 1660. The summed E-state index contributed by atoms with van der Waals surface area (Å²) in [6, 6.07) is 21.2. The van der Waals surface area contributed by atoms with Crippen LogP contribution in [0.15, 0.2) is 66.7 Å². The zero-order chi connectivity index (χ0) is 33.3. The Morgan fingerprint density at radius 3 is 2.26 bits per heavy atom. The number of benzene rings is 3. The summed E-state index contributed by atoms with van der Waals surface area (Å²) < 4.78 is 34.0. The Morgan fingerprint density at radius 2 is 1.63 bits per heavy atom. The molecule has 244 valence electrons. The molecule has 3 aromatic carbocycles. The van der Waals surface area contributed by atoms with Crippen LogP contribution < -0.4 is 10.6 Å². The molecule has 0 saturated heterocycles. The fourth-order valence-corrected chi connectivity index (χ4v) is 5.45. The normalized spacial score (nSPS) is 13.5. The number of halogens is 3. The van der Waals surface area contributed by atoms with Gasteiger partial charge in [-0.2, -0.15) is 13.2 Å². The summed E-state index contributed by atoms with van der Waals surface area (Å²) >= 11 is 0. The van der Waals surface area contributed by atoms with Gasteiger partial charge in [-0.3, -0.25) is 0 Å². The van der Waals surface area contributed by atoms with Crippen molar-refractivity contribution in [3.05, 3.63) is 83.7 Å². The van der Waals surface area contributed by atoms with Crippen molar-refractivity contribution >= 4 is 34.7 Å². The second kappa shape index (κ2) is 15.4. The van der Waals surface area contributed by atoms with Crippen LogP contribution in [0, 0.1) is 0 Å². The molecule has 46 heavy (non-hydrogen) atoms. The van der Waals surface area contributed by atoms with E-state index in [1.165, 1.54) is 19.3 Å². The fourth-order valence-electron chi connectivity index (χ4n) is 5.45. The second-order valence-electron chi connectivity index (χ2n) is 11.2. The highest BCUT2D eigenvalue weighted by Gasteiger charge is 2.38. The molecule has 4 N–H and O–H groups in total. The Labute approximate surface area is 264 Å². The summed E-state index contributed by atoms with van der Waals surface area (Å²) in [5.74, 6) is -2.66. The Kier molecular flexibility index (Phi) is 11.4. The molecule has 0 aliphatic heterocycles. The van der Waals surface area contributed by atoms with Crippen molar-refractivity contribution in [1.29, 1.82) is 0 Å². The molecular formula is C34H37F3N4O5. The van der Waals surface area contributed by atoms with Crippen LogP contribution in [0.1, 0.15) is 73.6 Å². The first-order valence-electron chi connectivity index (χ1n) is 15.2. The van der Waals surface area contributed by atoms with Crippen LogP contribution >= 0.6 is 0 Å². The Hall–Kier alpha value is -4.87. The highest BCUT2D eigenvalue weighted by atomic mass is 19.4. The van der Waals surface area contributed by atoms with Gasteiger partial charge in [0.2, 0.25) is 0 Å². The molecule has 0 atom stereocenters. The van der Waals surface area contributed by atoms with Crippen LogP contribution in [0.3, 0.4) is 0 Å². The molecule has 1 fully saturated rings. The van der Waals surface area contributed by atoms with E-state index in [0.717, 1.165) is 65.8 Å². The average Bonchev–Trinajstić information content (AvgIpc) is 3.36. The summed E-state index contributed by atoms with van der Waals surface area (Å²) in [5.41, 5.74) is 5.62. The van der Waals surface area contributed by atoms with Gasteiger partial charge >= 0.3 is 24.1 Å². The Balaban J connectivity index is 0.000000617. The first kappa shape index (κ1) is 34.0. The standard InChI is InChI=1S/C32H36N4O3.C2HF3O2/c1-2-3-13-30-35-28-20-25(34-32(39)33-24-9-5-4-6-10-24)18-19-29(28)36(30)21-22-14-16-23(17-15-22)26-11-7-8-12-27(26)31(37)38;3-2(4,5)1(6)7/h7-8,11-12,14-20,24H,2-6,9-10,13,21H2,1H3,(H,37,38)(H2,33,34,39);(H,6,7). The summed E-state index contributed by atoms with van der Waals surface area (Å²) in [6.07, 6.45) is 3.61. The van der Waals surface area contributed by atoms with Crippen molar-refractivity contribution in [3.63, 3.8) is 0 Å². The number of aliphatic carboxylic acids is 1. The van der Waals surface area contributed by atoms with Crippen LogP contribution in [-0.4, -0.2) is 50.0 Å². The van der Waals surface area contributed by atoms with E-state index in [1.807, 2.05) is 42.5 Å². The van der Waals surface area contributed by atoms with Crippen LogP contribution in [0.5, 0.6) is 0 Å². The molecule has 1 aromatic heterocycles. The number of nitrogens with zero attached hydrogens (tertiary/aromatic N) is 2. The molecule has 0 unspecified atom stereocenters. The molecule has 4 aromatic rings. The average molecular weight is 639 g/mol. The molecule has 2 amide bonds. The lowest BCUT2D eigenvalue weighted by Gasteiger charge is -2.22. The number of unbranched alkanes of at least 4 members (excludes halogenated alkanes) is 1. The van der Waals surface area contributed by atoms with Crippen molar-refractivity contribution in [3.8, 4) is 11.1 Å². The topological polar surface area (TPSA) is 134 Å². The molecule has 0 bridgehead atoms. The van der Waals surface area contributed by atoms with E-state index < -0.39 is 18.1 Å². The van der Waals surface area contributed by atoms with Crippen molar-refractivity contribution in [2.75, 3.05) is 5.32 Å². The third-order valence-electron chi connectivity index (χ3n) is 7.79. The number of aryl methyl sites for hydroxylation is 1. The fraction of sp³-hybridized carbons (Fsp3) is 0.353. The number of hydrogen-bond acceptors (Lipinski definition) is 4. The lowest BCUT2D eigenvalue weighted by atomic mass is 9.96. The number of hydrogen-bond donors (Lipinski definition) is 4. The van der Waals surface area contributed by atoms with E-state index in [2.05, 4.69) is 34.3 Å². The number of anilines is 1. The van der Waals surface area contributed by atoms with E-state index in [-0.39, 0.29) is 12.1 Å². The van der Waals surface area contributed by atoms with Crippen LogP contribution in [-0.2, 0) is 17.8 Å². The largest absolute Gasteiger partial charge is 0.490 e. The number of imidazole rings is 1. The van der Waals surface area contributed by atoms with E-state index in [1.54, 1.807) is 12.1 Å². The van der Waals surface area contributed by atoms with Gasteiger partial charge in [-0.1, -0.05) is 75.1 Å². The van der Waals surface area contributed by atoms with Gasteiger partial charge in [0, 0.05) is 24.7 Å². The van der Waals surface area contributed by atoms with Gasteiger partial charge in [0.25, 0.3) is 0 Å². The minimum atomic E-state index is -5.08. The van der Waals surface area contributed by atoms with Crippen LogP contribution in [0.2, 0.25) is 0 Å². The maximum Gasteiger partial charge on any atom is 0.490 e. The smallest absolute Gasteiger partial charge is 0.478 e. The molecule has 9 nitrogen and oxygen atoms in total. The van der Waals surface area contributed by atoms with Gasteiger partial charge in [-0.15, -0.1) is 0 Å². The minimum Gasteiger partial charge on any atom is -0.478 e. The second-order valence-corrected chi connectivity index (χ2v) is 11.2. The van der Waals surface area contributed by atoms with Gasteiger partial charge in [0.15, 0.2) is 0 Å². The maximum absolute atomic E-state index is 12.6. The number of alkyl halides is 3. The predicted molar refractivity (Wildman–Crippen MR) is 169 cm³/mol. The van der Waals surface area contributed by atoms with Gasteiger partial charge in [-0.25, -0.2) is 19.4 Å². The first-order chi connectivity index (χ1) is 22.0. The van der Waals surface area contributed by atoms with E-state index >= 15 is 0 Å². The minimum absolute atomic E-state index is 0.156. The van der Waals surface area contributed by atoms with E-state index in [4.69, 9.17) is 14.9 Å². The molecule has 0 radical (unpaired) electrons. The molecule has 5 rings (SSSR count). The molecule has 12 heteroatoms. The van der Waals surface area contributed by atoms with E-state index in [0.29, 0.717) is 17.7 Å². The summed E-state index contributed by atoms with van der Waals surface area (Å²) in [4.78, 5) is 38.1. The third-order valence-corrected chi connectivity index (χ3v) is 7.79.